The number of aromatic nitrogens is 3. The van der Waals surface area contributed by atoms with E-state index in [1.807, 2.05) is 53.5 Å². The predicted octanol–water partition coefficient (Wildman–Crippen LogP) is 3.32. The third-order valence-electron chi connectivity index (χ3n) is 6.86. The fraction of sp³-hybridized carbons (Fsp3) is 0.423. The number of anilines is 1. The number of carbonyl (C=O) groups excluding carboxylic acids is 1. The van der Waals surface area contributed by atoms with E-state index in [0.717, 1.165) is 61.9 Å². The maximum absolute atomic E-state index is 13.2. The number of ether oxygens (including phenoxy) is 1. The first kappa shape index (κ1) is 22.6. The number of nitrogen functional groups attached to an aromatic ring is 1. The first-order valence-electron chi connectivity index (χ1n) is 12.1. The van der Waals surface area contributed by atoms with Gasteiger partial charge in [-0.2, -0.15) is 5.10 Å². The Bertz CT molecular complexity index is 1110. The number of benzene rings is 1. The summed E-state index contributed by atoms with van der Waals surface area (Å²) in [6.07, 6.45) is 10.5. The summed E-state index contributed by atoms with van der Waals surface area (Å²) in [5, 5.41) is 11.1. The molecule has 34 heavy (non-hydrogen) atoms. The van der Waals surface area contributed by atoms with Crippen molar-refractivity contribution in [2.75, 3.05) is 18.8 Å². The van der Waals surface area contributed by atoms with Gasteiger partial charge in [-0.25, -0.2) is 4.98 Å². The van der Waals surface area contributed by atoms with E-state index in [-0.39, 0.29) is 23.9 Å². The van der Waals surface area contributed by atoms with E-state index in [1.165, 1.54) is 0 Å². The van der Waals surface area contributed by atoms with Crippen LogP contribution in [0.5, 0.6) is 0 Å². The molecule has 1 aromatic carbocycles. The van der Waals surface area contributed by atoms with Gasteiger partial charge in [-0.3, -0.25) is 9.48 Å². The lowest BCUT2D eigenvalue weighted by Crippen LogP contribution is -2.41. The summed E-state index contributed by atoms with van der Waals surface area (Å²) in [6.45, 7) is 2.55. The second kappa shape index (κ2) is 10.4. The van der Waals surface area contributed by atoms with E-state index in [9.17, 15) is 4.79 Å². The molecule has 0 bridgehead atoms. The van der Waals surface area contributed by atoms with Crippen molar-refractivity contribution in [2.45, 2.75) is 56.9 Å². The highest BCUT2D eigenvalue weighted by molar-refractivity contribution is 5.99. The molecular weight excluding hydrogens is 428 g/mol. The Hall–Kier alpha value is -3.23. The van der Waals surface area contributed by atoms with Crippen LogP contribution in [0, 0.1) is 0 Å². The van der Waals surface area contributed by atoms with Crippen LogP contribution in [-0.4, -0.2) is 45.9 Å². The van der Waals surface area contributed by atoms with Gasteiger partial charge in [-0.15, -0.1) is 0 Å². The third kappa shape index (κ3) is 5.13. The van der Waals surface area contributed by atoms with Crippen LogP contribution in [0.1, 0.15) is 54.1 Å². The molecule has 1 saturated carbocycles. The van der Waals surface area contributed by atoms with Crippen molar-refractivity contribution in [3.63, 3.8) is 0 Å². The topological polar surface area (TPSA) is 107 Å². The maximum atomic E-state index is 13.2. The summed E-state index contributed by atoms with van der Waals surface area (Å²) in [6, 6.07) is 12.3. The number of hydrogen-bond donors (Lipinski definition) is 3. The van der Waals surface area contributed by atoms with E-state index in [1.54, 1.807) is 6.20 Å². The minimum Gasteiger partial charge on any atom is -0.383 e. The third-order valence-corrected chi connectivity index (χ3v) is 6.86. The second-order valence-corrected chi connectivity index (χ2v) is 9.19. The Morgan fingerprint density at radius 1 is 1.12 bits per heavy atom. The predicted molar refractivity (Wildman–Crippen MR) is 131 cm³/mol. The zero-order chi connectivity index (χ0) is 23.3. The number of hydrogen-bond acceptors (Lipinski definition) is 6. The van der Waals surface area contributed by atoms with E-state index < -0.39 is 0 Å². The molecule has 3 heterocycles. The number of piperidine rings is 1. The zero-order valence-corrected chi connectivity index (χ0v) is 19.3. The first-order valence-corrected chi connectivity index (χ1v) is 12.1. The fourth-order valence-electron chi connectivity index (χ4n) is 4.89. The molecule has 2 aromatic heterocycles. The number of carbonyl (C=O) groups is 1. The number of nitrogens with zero attached hydrogens (tertiary/aromatic N) is 3. The highest BCUT2D eigenvalue weighted by atomic mass is 16.5. The van der Waals surface area contributed by atoms with Crippen molar-refractivity contribution in [3.05, 3.63) is 66.1 Å². The van der Waals surface area contributed by atoms with Crippen LogP contribution in [0.2, 0.25) is 0 Å². The van der Waals surface area contributed by atoms with Crippen molar-refractivity contribution < 1.29 is 9.53 Å². The minimum absolute atomic E-state index is 0.00950. The molecule has 8 nitrogen and oxygen atoms in total. The van der Waals surface area contributed by atoms with Crippen molar-refractivity contribution in [3.8, 4) is 11.1 Å². The van der Waals surface area contributed by atoms with Gasteiger partial charge >= 0.3 is 0 Å². The van der Waals surface area contributed by atoms with Gasteiger partial charge in [0.25, 0.3) is 5.91 Å². The molecule has 178 valence electrons. The number of pyridine rings is 1. The quantitative estimate of drug-likeness (QED) is 0.499. The molecule has 3 aromatic rings. The molecule has 0 spiro atoms. The Balaban J connectivity index is 1.26. The highest BCUT2D eigenvalue weighted by Gasteiger charge is 2.30. The Labute approximate surface area is 199 Å². The van der Waals surface area contributed by atoms with Crippen LogP contribution in [-0.2, 0) is 11.3 Å². The van der Waals surface area contributed by atoms with Crippen molar-refractivity contribution in [1.82, 2.24) is 25.4 Å². The van der Waals surface area contributed by atoms with Crippen molar-refractivity contribution in [1.29, 1.82) is 0 Å². The second-order valence-electron chi connectivity index (χ2n) is 9.19. The molecule has 1 aliphatic heterocycles. The molecule has 2 fully saturated rings. The summed E-state index contributed by atoms with van der Waals surface area (Å²) in [5.74, 6) is 0.0181. The lowest BCUT2D eigenvalue weighted by molar-refractivity contribution is 0.0272. The highest BCUT2D eigenvalue weighted by Crippen LogP contribution is 2.27. The lowest BCUT2D eigenvalue weighted by atomic mass is 10.1. The molecule has 2 aliphatic rings. The zero-order valence-electron chi connectivity index (χ0n) is 19.3. The molecular formula is C26H32N6O2. The molecule has 4 N–H and O–H groups in total. The maximum Gasteiger partial charge on any atom is 0.255 e. The average molecular weight is 461 g/mol. The SMILES string of the molecule is Nc1ncc(-c2cnn(C3CCNCC3)c2)cc1C(=O)N[C@@H]1CCC[C@H]1OCc1ccccc1. The summed E-state index contributed by atoms with van der Waals surface area (Å²) in [5.41, 5.74) is 9.39. The average Bonchev–Trinajstić information content (AvgIpc) is 3.54. The van der Waals surface area contributed by atoms with Gasteiger partial charge in [0.15, 0.2) is 0 Å². The summed E-state index contributed by atoms with van der Waals surface area (Å²) >= 11 is 0. The van der Waals surface area contributed by atoms with Crippen LogP contribution in [0.4, 0.5) is 5.82 Å². The largest absolute Gasteiger partial charge is 0.383 e. The van der Waals surface area contributed by atoms with Gasteiger partial charge in [0, 0.05) is 23.5 Å². The molecule has 1 aliphatic carbocycles. The van der Waals surface area contributed by atoms with Gasteiger partial charge in [0.1, 0.15) is 5.82 Å². The van der Waals surface area contributed by atoms with Gasteiger partial charge < -0.3 is 21.1 Å². The Kier molecular flexibility index (Phi) is 6.87. The molecule has 0 radical (unpaired) electrons. The van der Waals surface area contributed by atoms with Crippen molar-refractivity contribution >= 4 is 11.7 Å². The molecule has 5 rings (SSSR count). The van der Waals surface area contributed by atoms with E-state index in [2.05, 4.69) is 20.7 Å². The summed E-state index contributed by atoms with van der Waals surface area (Å²) < 4.78 is 8.17. The number of amides is 1. The van der Waals surface area contributed by atoms with Crippen LogP contribution in [0.3, 0.4) is 0 Å². The van der Waals surface area contributed by atoms with Crippen LogP contribution in [0.25, 0.3) is 11.1 Å². The number of rotatable bonds is 7. The fourth-order valence-corrected chi connectivity index (χ4v) is 4.89. The van der Waals surface area contributed by atoms with Crippen molar-refractivity contribution in [2.24, 2.45) is 0 Å². The molecule has 2 atom stereocenters. The lowest BCUT2D eigenvalue weighted by Gasteiger charge is -2.22. The standard InChI is InChI=1S/C26H32N6O2/c27-25-22(13-19(14-29-25)20-15-30-32(16-20)21-9-11-28-12-10-21)26(33)31-23-7-4-8-24(23)34-17-18-5-2-1-3-6-18/h1-3,5-6,13-16,21,23-24,28H,4,7-12,17H2,(H2,27,29)(H,31,33)/t23-,24-/m1/s1. The smallest absolute Gasteiger partial charge is 0.255 e. The normalized spacial score (nSPS) is 20.9. The number of nitrogens with two attached hydrogens (primary N) is 1. The summed E-state index contributed by atoms with van der Waals surface area (Å²) in [4.78, 5) is 17.5. The van der Waals surface area contributed by atoms with E-state index >= 15 is 0 Å². The van der Waals surface area contributed by atoms with Gasteiger partial charge in [-0.05, 0) is 56.8 Å². The Morgan fingerprint density at radius 3 is 2.76 bits per heavy atom. The molecule has 0 unspecified atom stereocenters. The monoisotopic (exact) mass is 460 g/mol. The summed E-state index contributed by atoms with van der Waals surface area (Å²) in [7, 11) is 0. The molecule has 8 heteroatoms. The van der Waals surface area contributed by atoms with E-state index in [4.69, 9.17) is 10.5 Å². The van der Waals surface area contributed by atoms with Crippen LogP contribution < -0.4 is 16.4 Å². The van der Waals surface area contributed by atoms with Gasteiger partial charge in [-0.1, -0.05) is 30.3 Å². The molecule has 1 saturated heterocycles. The number of nitrogens with one attached hydrogen (secondary N) is 2. The van der Waals surface area contributed by atoms with E-state index in [0.29, 0.717) is 18.2 Å². The molecule has 1 amide bonds. The van der Waals surface area contributed by atoms with Gasteiger partial charge in [0.05, 0.1) is 36.6 Å². The minimum atomic E-state index is -0.210. The van der Waals surface area contributed by atoms with Gasteiger partial charge in [0.2, 0.25) is 0 Å². The van der Waals surface area contributed by atoms with Crippen LogP contribution in [0.15, 0.2) is 55.0 Å². The Morgan fingerprint density at radius 2 is 1.94 bits per heavy atom. The van der Waals surface area contributed by atoms with Crippen LogP contribution >= 0.6 is 0 Å². The first-order chi connectivity index (χ1) is 16.7.